The van der Waals surface area contributed by atoms with Gasteiger partial charge in [-0.15, -0.1) is 0 Å². The maximum atomic E-state index is 12.0. The molecular formula is C15H13BrO3. The first kappa shape index (κ1) is 13.8. The molecular weight excluding hydrogens is 308 g/mol. The molecule has 2 aromatic rings. The maximum absolute atomic E-state index is 12.0. The van der Waals surface area contributed by atoms with Gasteiger partial charge in [-0.3, -0.25) is 4.79 Å². The number of ketones is 1. The highest BCUT2D eigenvalue weighted by atomic mass is 79.9. The second-order valence-electron chi connectivity index (χ2n) is 3.99. The molecule has 0 amide bonds. The number of carbonyl (C=O) groups excluding carboxylic acids is 1. The van der Waals surface area contributed by atoms with Gasteiger partial charge in [0.2, 0.25) is 5.78 Å². The molecule has 0 spiro atoms. The van der Waals surface area contributed by atoms with Gasteiger partial charge in [-0.05, 0) is 23.8 Å². The summed E-state index contributed by atoms with van der Waals surface area (Å²) in [5.41, 5.74) is 1.42. The minimum Gasteiger partial charge on any atom is -0.485 e. The van der Waals surface area contributed by atoms with Gasteiger partial charge in [0.1, 0.15) is 5.75 Å². The van der Waals surface area contributed by atoms with E-state index in [-0.39, 0.29) is 19.0 Å². The van der Waals surface area contributed by atoms with Crippen LogP contribution in [0.15, 0.2) is 53.0 Å². The molecule has 0 heterocycles. The lowest BCUT2D eigenvalue weighted by molar-refractivity contribution is 0.0920. The Morgan fingerprint density at radius 1 is 1.11 bits per heavy atom. The zero-order valence-electron chi connectivity index (χ0n) is 10.2. The monoisotopic (exact) mass is 320 g/mol. The highest BCUT2D eigenvalue weighted by molar-refractivity contribution is 9.10. The first-order valence-corrected chi connectivity index (χ1v) is 6.60. The quantitative estimate of drug-likeness (QED) is 0.860. The first-order valence-electron chi connectivity index (χ1n) is 5.81. The van der Waals surface area contributed by atoms with Gasteiger partial charge >= 0.3 is 0 Å². The van der Waals surface area contributed by atoms with Gasteiger partial charge in [0, 0.05) is 10.0 Å². The number of ether oxygens (including phenoxy) is 1. The van der Waals surface area contributed by atoms with Gasteiger partial charge in [0.25, 0.3) is 0 Å². The van der Waals surface area contributed by atoms with Gasteiger partial charge in [-0.2, -0.15) is 0 Å². The summed E-state index contributed by atoms with van der Waals surface area (Å²) in [4.78, 5) is 12.0. The van der Waals surface area contributed by atoms with Crippen LogP contribution in [-0.4, -0.2) is 17.5 Å². The van der Waals surface area contributed by atoms with Gasteiger partial charge in [0.05, 0.1) is 6.61 Å². The number of hydrogen-bond donors (Lipinski definition) is 1. The van der Waals surface area contributed by atoms with E-state index < -0.39 is 0 Å². The molecule has 0 atom stereocenters. The largest absolute Gasteiger partial charge is 0.485 e. The summed E-state index contributed by atoms with van der Waals surface area (Å²) in [6.45, 7) is -0.0166. The molecule has 1 N–H and O–H groups in total. The molecule has 0 radical (unpaired) electrons. The summed E-state index contributed by atoms with van der Waals surface area (Å²) < 4.78 is 6.19. The Hall–Kier alpha value is -1.65. The first-order chi connectivity index (χ1) is 9.20. The third kappa shape index (κ3) is 3.66. The molecule has 0 saturated carbocycles. The molecule has 0 aromatic heterocycles. The van der Waals surface area contributed by atoms with E-state index >= 15 is 0 Å². The van der Waals surface area contributed by atoms with Crippen LogP contribution >= 0.6 is 15.9 Å². The van der Waals surface area contributed by atoms with E-state index in [1.54, 1.807) is 30.3 Å². The average Bonchev–Trinajstić information content (AvgIpc) is 2.46. The minimum atomic E-state index is -0.0845. The van der Waals surface area contributed by atoms with Crippen LogP contribution < -0.4 is 4.74 Å². The summed E-state index contributed by atoms with van der Waals surface area (Å²) >= 11 is 3.34. The van der Waals surface area contributed by atoms with Crippen LogP contribution in [0.4, 0.5) is 0 Å². The summed E-state index contributed by atoms with van der Waals surface area (Å²) in [6, 6.07) is 14.2. The van der Waals surface area contributed by atoms with Crippen molar-refractivity contribution in [3.8, 4) is 5.75 Å². The number of halogens is 1. The third-order valence-electron chi connectivity index (χ3n) is 2.65. The summed E-state index contributed by atoms with van der Waals surface area (Å²) in [5.74, 6) is 0.524. The fourth-order valence-electron chi connectivity index (χ4n) is 1.61. The summed E-state index contributed by atoms with van der Waals surface area (Å²) in [6.07, 6.45) is 0. The van der Waals surface area contributed by atoms with Crippen molar-refractivity contribution in [1.29, 1.82) is 0 Å². The van der Waals surface area contributed by atoms with Crippen molar-refractivity contribution in [3.05, 3.63) is 64.1 Å². The zero-order chi connectivity index (χ0) is 13.7. The highest BCUT2D eigenvalue weighted by Gasteiger charge is 2.09. The fourth-order valence-corrected chi connectivity index (χ4v) is 2.11. The minimum absolute atomic E-state index is 0.00380. The van der Waals surface area contributed by atoms with Crippen LogP contribution in [0.25, 0.3) is 0 Å². The topological polar surface area (TPSA) is 46.5 Å². The smallest absolute Gasteiger partial charge is 0.201 e. The van der Waals surface area contributed by atoms with Crippen molar-refractivity contribution in [2.45, 2.75) is 6.61 Å². The zero-order valence-corrected chi connectivity index (χ0v) is 11.8. The number of rotatable bonds is 5. The van der Waals surface area contributed by atoms with Crippen molar-refractivity contribution in [2.24, 2.45) is 0 Å². The number of Topliss-reactive ketones (excluding diaryl/α,β-unsaturated/α-hetero) is 1. The van der Waals surface area contributed by atoms with Crippen LogP contribution in [0.2, 0.25) is 0 Å². The Bertz CT molecular complexity index is 564. The van der Waals surface area contributed by atoms with Crippen molar-refractivity contribution in [3.63, 3.8) is 0 Å². The van der Waals surface area contributed by atoms with Crippen LogP contribution in [-0.2, 0) is 6.61 Å². The van der Waals surface area contributed by atoms with Crippen molar-refractivity contribution >= 4 is 21.7 Å². The average molecular weight is 321 g/mol. The molecule has 19 heavy (non-hydrogen) atoms. The van der Waals surface area contributed by atoms with Crippen molar-refractivity contribution in [2.75, 3.05) is 6.61 Å². The molecule has 0 unspecified atom stereocenters. The molecule has 4 heteroatoms. The molecule has 3 nitrogen and oxygen atoms in total. The Morgan fingerprint density at radius 3 is 2.42 bits per heavy atom. The molecule has 0 aliphatic heterocycles. The summed E-state index contributed by atoms with van der Waals surface area (Å²) in [5, 5.41) is 8.93. The van der Waals surface area contributed by atoms with Crippen LogP contribution in [0.1, 0.15) is 15.9 Å². The van der Waals surface area contributed by atoms with Gasteiger partial charge in [-0.1, -0.05) is 46.3 Å². The van der Waals surface area contributed by atoms with E-state index in [0.29, 0.717) is 11.3 Å². The number of aliphatic hydroxyl groups excluding tert-OH is 1. The Labute approximate surface area is 120 Å². The van der Waals surface area contributed by atoms with E-state index in [1.807, 2.05) is 18.2 Å². The van der Waals surface area contributed by atoms with Gasteiger partial charge < -0.3 is 9.84 Å². The SMILES string of the molecule is O=C(COc1ccc(CO)cc1)c1ccccc1Br. The maximum Gasteiger partial charge on any atom is 0.201 e. The van der Waals surface area contributed by atoms with Gasteiger partial charge in [0.15, 0.2) is 6.61 Å². The van der Waals surface area contributed by atoms with Crippen LogP contribution in [0.5, 0.6) is 5.75 Å². The number of carbonyl (C=O) groups is 1. The third-order valence-corrected chi connectivity index (χ3v) is 3.34. The molecule has 0 saturated heterocycles. The van der Waals surface area contributed by atoms with Crippen LogP contribution in [0.3, 0.4) is 0 Å². The van der Waals surface area contributed by atoms with E-state index in [4.69, 9.17) is 9.84 Å². The normalized spacial score (nSPS) is 10.2. The summed E-state index contributed by atoms with van der Waals surface area (Å²) in [7, 11) is 0. The predicted molar refractivity (Wildman–Crippen MR) is 76.3 cm³/mol. The molecule has 0 fully saturated rings. The standard InChI is InChI=1S/C15H13BrO3/c16-14-4-2-1-3-13(14)15(18)10-19-12-7-5-11(9-17)6-8-12/h1-8,17H,9-10H2. The lowest BCUT2D eigenvalue weighted by Gasteiger charge is -2.07. The Balaban J connectivity index is 1.98. The van der Waals surface area contributed by atoms with E-state index in [9.17, 15) is 4.79 Å². The molecule has 2 rings (SSSR count). The molecule has 0 bridgehead atoms. The predicted octanol–water partition coefficient (Wildman–Crippen LogP) is 3.20. The van der Waals surface area contributed by atoms with E-state index in [0.717, 1.165) is 10.0 Å². The van der Waals surface area contributed by atoms with Gasteiger partial charge in [-0.25, -0.2) is 0 Å². The molecule has 0 aliphatic rings. The lowest BCUT2D eigenvalue weighted by Crippen LogP contribution is -2.12. The highest BCUT2D eigenvalue weighted by Crippen LogP contribution is 2.17. The Morgan fingerprint density at radius 2 is 1.79 bits per heavy atom. The van der Waals surface area contributed by atoms with Crippen LogP contribution in [0, 0.1) is 0 Å². The van der Waals surface area contributed by atoms with E-state index in [1.165, 1.54) is 0 Å². The molecule has 0 aliphatic carbocycles. The number of hydrogen-bond acceptors (Lipinski definition) is 3. The fraction of sp³-hybridized carbons (Fsp3) is 0.133. The second kappa shape index (κ2) is 6.50. The number of benzene rings is 2. The lowest BCUT2D eigenvalue weighted by atomic mass is 10.1. The molecule has 98 valence electrons. The van der Waals surface area contributed by atoms with E-state index in [2.05, 4.69) is 15.9 Å². The molecule has 2 aromatic carbocycles. The van der Waals surface area contributed by atoms with Crippen molar-refractivity contribution < 1.29 is 14.6 Å². The number of aliphatic hydroxyl groups is 1. The Kier molecular flexibility index (Phi) is 4.71. The second-order valence-corrected chi connectivity index (χ2v) is 4.85. The van der Waals surface area contributed by atoms with Crippen molar-refractivity contribution in [1.82, 2.24) is 0 Å².